The van der Waals surface area contributed by atoms with Crippen molar-refractivity contribution in [1.29, 1.82) is 0 Å². The van der Waals surface area contributed by atoms with Gasteiger partial charge in [-0.05, 0) is 54.1 Å². The fraction of sp³-hybridized carbons (Fsp3) is 1.00. The molecule has 0 saturated heterocycles. The topological polar surface area (TPSA) is 55.4 Å². The molecular weight excluding hydrogens is 344 g/mol. The minimum Gasteiger partial charge on any atom is -0.395 e. The van der Waals surface area contributed by atoms with Crippen LogP contribution in [0.2, 0.25) is 12.6 Å². The van der Waals surface area contributed by atoms with Gasteiger partial charge in [0.1, 0.15) is 0 Å². The average Bonchev–Trinajstić information content (AvgIpc) is 2.49. The smallest absolute Gasteiger partial charge is 0.395 e. The van der Waals surface area contributed by atoms with Gasteiger partial charge < -0.3 is 26.6 Å². The molecule has 0 saturated carbocycles. The molecule has 0 aromatic carbocycles. The summed E-state index contributed by atoms with van der Waals surface area (Å²) in [7, 11) is -4.54. The summed E-state index contributed by atoms with van der Waals surface area (Å²) < 4.78 is 32.9. The Morgan fingerprint density at radius 3 is 1.00 bits per heavy atom. The summed E-state index contributed by atoms with van der Waals surface area (Å²) in [5, 5.41) is 0. The van der Waals surface area contributed by atoms with E-state index in [9.17, 15) is 0 Å². The van der Waals surface area contributed by atoms with Crippen molar-refractivity contribution in [2.75, 3.05) is 39.6 Å². The highest BCUT2D eigenvalue weighted by molar-refractivity contribution is 6.66. The van der Waals surface area contributed by atoms with Crippen LogP contribution in [-0.4, -0.2) is 57.3 Å². The van der Waals surface area contributed by atoms with Crippen LogP contribution in [0.15, 0.2) is 0 Å². The van der Waals surface area contributed by atoms with Gasteiger partial charge in [0.05, 0.1) is 0 Å². The molecule has 24 heavy (non-hydrogen) atoms. The highest BCUT2D eigenvalue weighted by Gasteiger charge is 2.44. The molecule has 8 heteroatoms. The number of hydrogen-bond acceptors (Lipinski definition) is 6. The Balaban J connectivity index is 0. The van der Waals surface area contributed by atoms with Crippen LogP contribution >= 0.6 is 0 Å². The summed E-state index contributed by atoms with van der Waals surface area (Å²) in [6.07, 6.45) is 1.16. The van der Waals surface area contributed by atoms with Gasteiger partial charge in [-0.3, -0.25) is 0 Å². The SMILES string of the molecule is CCC[Si](C)(OCC)OCC.CCO[Si](OCC)(OCC)OCC. The lowest BCUT2D eigenvalue weighted by Gasteiger charge is -2.26. The van der Waals surface area contributed by atoms with Crippen LogP contribution in [0.4, 0.5) is 0 Å². The Bertz CT molecular complexity index is 222. The molecule has 0 aromatic heterocycles. The molecule has 0 aliphatic carbocycles. The van der Waals surface area contributed by atoms with Crippen molar-refractivity contribution in [1.82, 2.24) is 0 Å². The molecule has 0 amide bonds. The predicted molar refractivity (Wildman–Crippen MR) is 102 cm³/mol. The molecule has 0 aliphatic heterocycles. The fourth-order valence-electron chi connectivity index (χ4n) is 2.21. The summed E-state index contributed by atoms with van der Waals surface area (Å²) in [5.41, 5.74) is 0. The maximum Gasteiger partial charge on any atom is 0.679 e. The zero-order valence-electron chi connectivity index (χ0n) is 17.1. The molecule has 0 unspecified atom stereocenters. The Labute approximate surface area is 151 Å². The van der Waals surface area contributed by atoms with Gasteiger partial charge in [-0.15, -0.1) is 0 Å². The van der Waals surface area contributed by atoms with Crippen molar-refractivity contribution < 1.29 is 26.6 Å². The zero-order chi connectivity index (χ0) is 18.9. The summed E-state index contributed by atoms with van der Waals surface area (Å²) in [4.78, 5) is 0. The Morgan fingerprint density at radius 1 is 0.500 bits per heavy atom. The summed E-state index contributed by atoms with van der Waals surface area (Å²) in [6.45, 7) is 19.7. The third kappa shape index (κ3) is 12.5. The first-order valence-corrected chi connectivity index (χ1v) is 13.4. The van der Waals surface area contributed by atoms with Gasteiger partial charge in [0, 0.05) is 39.6 Å². The van der Waals surface area contributed by atoms with E-state index in [2.05, 4.69) is 13.5 Å². The summed E-state index contributed by atoms with van der Waals surface area (Å²) >= 11 is 0. The van der Waals surface area contributed by atoms with Crippen molar-refractivity contribution in [3.63, 3.8) is 0 Å². The molecule has 0 aromatic rings. The maximum absolute atomic E-state index is 5.63. The second-order valence-electron chi connectivity index (χ2n) is 4.98. The van der Waals surface area contributed by atoms with E-state index in [1.54, 1.807) is 0 Å². The van der Waals surface area contributed by atoms with E-state index in [1.807, 2.05) is 41.5 Å². The molecule has 6 nitrogen and oxygen atoms in total. The minimum atomic E-state index is -2.80. The normalized spacial score (nSPS) is 12.0. The van der Waals surface area contributed by atoms with Crippen LogP contribution in [0.5, 0.6) is 0 Å². The second-order valence-corrected chi connectivity index (χ2v) is 10.5. The van der Waals surface area contributed by atoms with Crippen LogP contribution < -0.4 is 0 Å². The van der Waals surface area contributed by atoms with Gasteiger partial charge in [-0.2, -0.15) is 0 Å². The Hall–Kier alpha value is 0.194. The lowest BCUT2D eigenvalue weighted by molar-refractivity contribution is -0.0247. The Kier molecular flexibility index (Phi) is 18.3. The van der Waals surface area contributed by atoms with E-state index >= 15 is 0 Å². The van der Waals surface area contributed by atoms with Crippen molar-refractivity contribution in [3.8, 4) is 0 Å². The van der Waals surface area contributed by atoms with E-state index in [1.165, 1.54) is 0 Å². The highest BCUT2D eigenvalue weighted by atomic mass is 28.4. The molecule has 0 fully saturated rings. The molecule has 0 heterocycles. The lowest BCUT2D eigenvalue weighted by atomic mass is 10.6. The highest BCUT2D eigenvalue weighted by Crippen LogP contribution is 2.15. The number of rotatable bonds is 14. The maximum atomic E-state index is 5.63. The van der Waals surface area contributed by atoms with Crippen molar-refractivity contribution in [3.05, 3.63) is 0 Å². The van der Waals surface area contributed by atoms with Gasteiger partial charge in [0.2, 0.25) is 0 Å². The van der Waals surface area contributed by atoms with Crippen LogP contribution in [0.1, 0.15) is 54.9 Å². The van der Waals surface area contributed by atoms with Gasteiger partial charge in [0.25, 0.3) is 0 Å². The first kappa shape index (κ1) is 26.4. The quantitative estimate of drug-likeness (QED) is 0.420. The summed E-state index contributed by atoms with van der Waals surface area (Å²) in [5.74, 6) is 0. The van der Waals surface area contributed by atoms with Crippen molar-refractivity contribution in [2.45, 2.75) is 67.5 Å². The van der Waals surface area contributed by atoms with Crippen LogP contribution in [0.25, 0.3) is 0 Å². The predicted octanol–water partition coefficient (Wildman–Crippen LogP) is 4.11. The molecule has 0 radical (unpaired) electrons. The molecule has 0 spiro atoms. The summed E-state index contributed by atoms with van der Waals surface area (Å²) in [6, 6.07) is 1.11. The Morgan fingerprint density at radius 2 is 0.792 bits per heavy atom. The third-order valence-corrected chi connectivity index (χ3v) is 8.66. The van der Waals surface area contributed by atoms with Gasteiger partial charge >= 0.3 is 17.6 Å². The minimum absolute atomic E-state index is 0.548. The van der Waals surface area contributed by atoms with Gasteiger partial charge in [-0.25, -0.2) is 0 Å². The van der Waals surface area contributed by atoms with E-state index < -0.39 is 17.6 Å². The average molecular weight is 385 g/mol. The molecule has 0 aliphatic rings. The molecule has 148 valence electrons. The molecule has 0 N–H and O–H groups in total. The van der Waals surface area contributed by atoms with E-state index in [4.69, 9.17) is 26.6 Å². The molecule has 0 atom stereocenters. The fourth-order valence-corrected chi connectivity index (χ4v) is 6.62. The molecule has 0 bridgehead atoms. The van der Waals surface area contributed by atoms with Crippen molar-refractivity contribution in [2.24, 2.45) is 0 Å². The second kappa shape index (κ2) is 16.7. The first-order chi connectivity index (χ1) is 11.4. The van der Waals surface area contributed by atoms with Crippen molar-refractivity contribution >= 4 is 17.6 Å². The zero-order valence-corrected chi connectivity index (χ0v) is 19.1. The first-order valence-electron chi connectivity index (χ1n) is 9.26. The third-order valence-electron chi connectivity index (χ3n) is 2.89. The monoisotopic (exact) mass is 384 g/mol. The number of hydrogen-bond donors (Lipinski definition) is 0. The van der Waals surface area contributed by atoms with Gasteiger partial charge in [-0.1, -0.05) is 13.3 Å². The van der Waals surface area contributed by atoms with Gasteiger partial charge in [0.15, 0.2) is 0 Å². The lowest BCUT2D eigenvalue weighted by Crippen LogP contribution is -2.49. The van der Waals surface area contributed by atoms with Crippen LogP contribution in [-0.2, 0) is 26.6 Å². The van der Waals surface area contributed by atoms with Crippen LogP contribution in [0, 0.1) is 0 Å². The molecule has 0 rings (SSSR count). The largest absolute Gasteiger partial charge is 0.679 e. The van der Waals surface area contributed by atoms with E-state index in [-0.39, 0.29) is 0 Å². The van der Waals surface area contributed by atoms with E-state index in [0.717, 1.165) is 25.7 Å². The van der Waals surface area contributed by atoms with Crippen LogP contribution in [0.3, 0.4) is 0 Å². The standard InChI is InChI=1S/C8H20O4Si.C8H20O2Si/c1-5-9-13(10-6-2,11-7-3)12-8-4;1-5-8-11(4,9-6-2)10-7-3/h5-8H2,1-4H3;5-8H2,1-4H3. The van der Waals surface area contributed by atoms with E-state index in [0.29, 0.717) is 26.4 Å². The molecular formula is C16H40O6Si2.